The van der Waals surface area contributed by atoms with Gasteiger partial charge in [0.1, 0.15) is 5.69 Å². The fourth-order valence-corrected chi connectivity index (χ4v) is 2.26. The Bertz CT molecular complexity index is 857. The van der Waals surface area contributed by atoms with Gasteiger partial charge >= 0.3 is 0 Å². The number of carbonyl (C=O) groups excluding carboxylic acids is 1. The van der Waals surface area contributed by atoms with Gasteiger partial charge in [-0.2, -0.15) is 10.1 Å². The van der Waals surface area contributed by atoms with Crippen LogP contribution in [0, 0.1) is 6.92 Å². The van der Waals surface area contributed by atoms with Gasteiger partial charge in [0.05, 0.1) is 30.7 Å². The summed E-state index contributed by atoms with van der Waals surface area (Å²) in [6.07, 6.45) is 3.30. The lowest BCUT2D eigenvalue weighted by atomic mass is 10.3. The molecule has 1 N–H and O–H groups in total. The summed E-state index contributed by atoms with van der Waals surface area (Å²) in [7, 11) is 3.63. The molecule has 9 nitrogen and oxygen atoms in total. The van der Waals surface area contributed by atoms with Crippen LogP contribution >= 0.6 is 0 Å². The van der Waals surface area contributed by atoms with Crippen molar-refractivity contribution in [2.75, 3.05) is 18.9 Å². The molecule has 3 aromatic rings. The van der Waals surface area contributed by atoms with Gasteiger partial charge < -0.3 is 9.84 Å². The molecule has 0 fully saturated rings. The molecule has 0 saturated heterocycles. The lowest BCUT2D eigenvalue weighted by Crippen LogP contribution is -2.30. The Morgan fingerprint density at radius 1 is 1.40 bits per heavy atom. The molecule has 3 heterocycles. The highest BCUT2D eigenvalue weighted by atomic mass is 16.5. The van der Waals surface area contributed by atoms with Crippen molar-refractivity contribution in [2.45, 2.75) is 13.5 Å². The zero-order valence-corrected chi connectivity index (χ0v) is 14.3. The summed E-state index contributed by atoms with van der Waals surface area (Å²) in [5.41, 5.74) is 2.24. The molecule has 130 valence electrons. The maximum atomic E-state index is 12.1. The normalized spacial score (nSPS) is 11.0. The molecule has 0 aliphatic carbocycles. The van der Waals surface area contributed by atoms with E-state index in [0.29, 0.717) is 29.6 Å². The molecule has 0 atom stereocenters. The summed E-state index contributed by atoms with van der Waals surface area (Å²) < 4.78 is 6.93. The SMILES string of the molecule is Cc1c(NC(=O)CN(C)Cc2nc(-c3ccccn3)no2)cnn1C. The molecule has 0 bridgehead atoms. The third kappa shape index (κ3) is 4.07. The number of anilines is 1. The first kappa shape index (κ1) is 16.8. The minimum absolute atomic E-state index is 0.136. The van der Waals surface area contributed by atoms with E-state index >= 15 is 0 Å². The third-order valence-electron chi connectivity index (χ3n) is 3.69. The maximum Gasteiger partial charge on any atom is 0.241 e. The van der Waals surface area contributed by atoms with Crippen molar-refractivity contribution in [3.63, 3.8) is 0 Å². The van der Waals surface area contributed by atoms with Gasteiger partial charge in [-0.15, -0.1) is 0 Å². The van der Waals surface area contributed by atoms with E-state index < -0.39 is 0 Å². The van der Waals surface area contributed by atoms with Crippen LogP contribution in [0.5, 0.6) is 0 Å². The molecule has 0 aromatic carbocycles. The largest absolute Gasteiger partial charge is 0.337 e. The Morgan fingerprint density at radius 3 is 2.92 bits per heavy atom. The fourth-order valence-electron chi connectivity index (χ4n) is 2.26. The summed E-state index contributed by atoms with van der Waals surface area (Å²) in [6, 6.07) is 5.48. The smallest absolute Gasteiger partial charge is 0.241 e. The van der Waals surface area contributed by atoms with Gasteiger partial charge in [-0.3, -0.25) is 19.4 Å². The number of amides is 1. The van der Waals surface area contributed by atoms with E-state index in [1.807, 2.05) is 32.2 Å². The number of hydrogen-bond acceptors (Lipinski definition) is 7. The minimum atomic E-state index is -0.136. The second-order valence-corrected chi connectivity index (χ2v) is 5.71. The second kappa shape index (κ2) is 7.22. The Labute approximate surface area is 144 Å². The van der Waals surface area contributed by atoms with Crippen LogP contribution in [0.1, 0.15) is 11.6 Å². The molecular weight excluding hydrogens is 322 g/mol. The number of nitrogens with one attached hydrogen (secondary N) is 1. The number of likely N-dealkylation sites (N-methyl/N-ethyl adjacent to an activating group) is 1. The Balaban J connectivity index is 1.56. The van der Waals surface area contributed by atoms with Crippen molar-refractivity contribution in [2.24, 2.45) is 7.05 Å². The summed E-state index contributed by atoms with van der Waals surface area (Å²) >= 11 is 0. The quantitative estimate of drug-likeness (QED) is 0.719. The number of rotatable bonds is 6. The number of carbonyl (C=O) groups is 1. The van der Waals surface area contributed by atoms with Crippen LogP contribution in [0.25, 0.3) is 11.5 Å². The molecule has 0 radical (unpaired) electrons. The Morgan fingerprint density at radius 2 is 2.24 bits per heavy atom. The van der Waals surface area contributed by atoms with Crippen molar-refractivity contribution >= 4 is 11.6 Å². The van der Waals surface area contributed by atoms with Crippen LogP contribution in [-0.2, 0) is 18.4 Å². The maximum absolute atomic E-state index is 12.1. The summed E-state index contributed by atoms with van der Waals surface area (Å²) in [5, 5.41) is 10.8. The van der Waals surface area contributed by atoms with Crippen molar-refractivity contribution < 1.29 is 9.32 Å². The fraction of sp³-hybridized carbons (Fsp3) is 0.312. The van der Waals surface area contributed by atoms with Crippen LogP contribution in [0.4, 0.5) is 5.69 Å². The number of aromatic nitrogens is 5. The monoisotopic (exact) mass is 341 g/mol. The van der Waals surface area contributed by atoms with Crippen molar-refractivity contribution in [1.82, 2.24) is 29.8 Å². The lowest BCUT2D eigenvalue weighted by Gasteiger charge is -2.13. The highest BCUT2D eigenvalue weighted by Gasteiger charge is 2.14. The first-order valence-corrected chi connectivity index (χ1v) is 7.74. The van der Waals surface area contributed by atoms with Gasteiger partial charge in [-0.1, -0.05) is 11.2 Å². The summed E-state index contributed by atoms with van der Waals surface area (Å²) in [6.45, 7) is 2.44. The first-order valence-electron chi connectivity index (χ1n) is 7.74. The van der Waals surface area contributed by atoms with Crippen LogP contribution in [0.15, 0.2) is 35.1 Å². The highest BCUT2D eigenvalue weighted by molar-refractivity contribution is 5.92. The predicted molar refractivity (Wildman–Crippen MR) is 90.4 cm³/mol. The first-order chi connectivity index (χ1) is 12.0. The van der Waals surface area contributed by atoms with Crippen molar-refractivity contribution in [3.8, 4) is 11.5 Å². The van der Waals surface area contributed by atoms with E-state index in [0.717, 1.165) is 5.69 Å². The van der Waals surface area contributed by atoms with Gasteiger partial charge in [0, 0.05) is 13.2 Å². The number of pyridine rings is 1. The molecule has 3 rings (SSSR count). The van der Waals surface area contributed by atoms with Gasteiger partial charge in [0.15, 0.2) is 0 Å². The number of hydrogen-bond donors (Lipinski definition) is 1. The Kier molecular flexibility index (Phi) is 4.85. The van der Waals surface area contributed by atoms with Crippen LogP contribution in [0.3, 0.4) is 0 Å². The molecule has 0 saturated carbocycles. The van der Waals surface area contributed by atoms with E-state index in [2.05, 4.69) is 25.5 Å². The average molecular weight is 341 g/mol. The van der Waals surface area contributed by atoms with Crippen LogP contribution in [0.2, 0.25) is 0 Å². The minimum Gasteiger partial charge on any atom is -0.337 e. The van der Waals surface area contributed by atoms with E-state index in [9.17, 15) is 4.79 Å². The standard InChI is InChI=1S/C16H19N7O2/c1-11-13(8-18-23(11)3)19-14(24)9-22(2)10-15-20-16(21-25-15)12-6-4-5-7-17-12/h4-8H,9-10H2,1-3H3,(H,19,24). The molecule has 0 unspecified atom stereocenters. The molecular formula is C16H19N7O2. The predicted octanol–water partition coefficient (Wildman–Crippen LogP) is 1.24. The molecule has 3 aromatic heterocycles. The number of aryl methyl sites for hydroxylation is 1. The lowest BCUT2D eigenvalue weighted by molar-refractivity contribution is -0.117. The molecule has 0 aliphatic rings. The summed E-state index contributed by atoms with van der Waals surface area (Å²) in [4.78, 5) is 22.4. The second-order valence-electron chi connectivity index (χ2n) is 5.71. The molecule has 25 heavy (non-hydrogen) atoms. The highest BCUT2D eigenvalue weighted by Crippen LogP contribution is 2.14. The van der Waals surface area contributed by atoms with E-state index in [-0.39, 0.29) is 12.5 Å². The van der Waals surface area contributed by atoms with E-state index in [1.165, 1.54) is 0 Å². The third-order valence-corrected chi connectivity index (χ3v) is 3.69. The summed E-state index contributed by atoms with van der Waals surface area (Å²) in [5.74, 6) is 0.719. The van der Waals surface area contributed by atoms with Crippen LogP contribution < -0.4 is 5.32 Å². The average Bonchev–Trinajstić information content (AvgIpc) is 3.17. The Hall–Kier alpha value is -3.07. The van der Waals surface area contributed by atoms with Gasteiger partial charge in [-0.05, 0) is 26.1 Å². The molecule has 0 spiro atoms. The van der Waals surface area contributed by atoms with E-state index in [4.69, 9.17) is 4.52 Å². The van der Waals surface area contributed by atoms with Gasteiger partial charge in [-0.25, -0.2) is 0 Å². The van der Waals surface area contributed by atoms with Gasteiger partial charge in [0.2, 0.25) is 17.6 Å². The molecule has 1 amide bonds. The zero-order valence-electron chi connectivity index (χ0n) is 14.3. The van der Waals surface area contributed by atoms with Crippen molar-refractivity contribution in [3.05, 3.63) is 42.2 Å². The zero-order chi connectivity index (χ0) is 17.8. The van der Waals surface area contributed by atoms with E-state index in [1.54, 1.807) is 29.0 Å². The van der Waals surface area contributed by atoms with Gasteiger partial charge in [0.25, 0.3) is 0 Å². The molecule has 9 heteroatoms. The topological polar surface area (TPSA) is 102 Å². The van der Waals surface area contributed by atoms with Crippen molar-refractivity contribution in [1.29, 1.82) is 0 Å². The molecule has 0 aliphatic heterocycles. The van der Waals surface area contributed by atoms with Crippen LogP contribution in [-0.4, -0.2) is 49.3 Å². The number of nitrogens with zero attached hydrogens (tertiary/aromatic N) is 6.